The van der Waals surface area contributed by atoms with Crippen molar-refractivity contribution in [2.24, 2.45) is 0 Å². The maximum Gasteiger partial charge on any atom is 0.328 e. The first-order valence-corrected chi connectivity index (χ1v) is 13.4. The van der Waals surface area contributed by atoms with E-state index >= 15 is 0 Å². The van der Waals surface area contributed by atoms with Crippen LogP contribution in [0.5, 0.6) is 11.5 Å². The number of benzene rings is 1. The topological polar surface area (TPSA) is 160 Å². The molecular formula is C28H30Cl2FN5O6. The van der Waals surface area contributed by atoms with Crippen LogP contribution in [0, 0.1) is 5.82 Å². The number of piperazine rings is 1. The minimum atomic E-state index is -1.26. The number of aliphatic carboxylic acids is 2. The molecule has 224 valence electrons. The molecule has 1 aliphatic rings. The molecule has 0 aliphatic carbocycles. The van der Waals surface area contributed by atoms with Crippen molar-refractivity contribution < 1.29 is 33.7 Å². The summed E-state index contributed by atoms with van der Waals surface area (Å²) in [6, 6.07) is 6.63. The molecule has 11 nitrogen and oxygen atoms in total. The third-order valence-electron chi connectivity index (χ3n) is 6.22. The summed E-state index contributed by atoms with van der Waals surface area (Å²) >= 11 is 12.4. The van der Waals surface area contributed by atoms with E-state index in [-0.39, 0.29) is 10.8 Å². The minimum Gasteiger partial charge on any atom is -0.496 e. The largest absolute Gasteiger partial charge is 0.496 e. The van der Waals surface area contributed by atoms with E-state index in [0.29, 0.717) is 45.8 Å². The molecule has 3 aromatic rings. The van der Waals surface area contributed by atoms with Gasteiger partial charge in [-0.15, -0.1) is 0 Å². The Labute approximate surface area is 251 Å². The highest BCUT2D eigenvalue weighted by Gasteiger charge is 2.23. The highest BCUT2D eigenvalue weighted by molar-refractivity contribution is 6.36. The molecule has 0 amide bonds. The number of aromatic nitrogens is 2. The molecule has 0 saturated carbocycles. The Balaban J connectivity index is 0.000000531. The monoisotopic (exact) mass is 621 g/mol. The molecule has 0 unspecified atom stereocenters. The Hall–Kier alpha value is -4.13. The Bertz CT molecular complexity index is 1460. The molecule has 2 atom stereocenters. The molecule has 42 heavy (non-hydrogen) atoms. The van der Waals surface area contributed by atoms with Gasteiger partial charge in [0, 0.05) is 78.0 Å². The molecule has 1 aliphatic heterocycles. The van der Waals surface area contributed by atoms with Gasteiger partial charge in [-0.1, -0.05) is 23.2 Å². The lowest BCUT2D eigenvalue weighted by molar-refractivity contribution is -0.134. The number of methoxy groups -OCH3 is 1. The zero-order valence-corrected chi connectivity index (χ0v) is 24.5. The summed E-state index contributed by atoms with van der Waals surface area (Å²) in [7, 11) is 1.61. The van der Waals surface area contributed by atoms with Gasteiger partial charge in [0.1, 0.15) is 23.5 Å². The second-order valence-electron chi connectivity index (χ2n) is 9.12. The van der Waals surface area contributed by atoms with E-state index in [9.17, 15) is 14.0 Å². The molecular weight excluding hydrogens is 592 g/mol. The highest BCUT2D eigenvalue weighted by atomic mass is 35.5. The number of nitrogens with one attached hydrogen (secondary N) is 1. The van der Waals surface area contributed by atoms with Crippen molar-refractivity contribution >= 4 is 46.8 Å². The van der Waals surface area contributed by atoms with Crippen molar-refractivity contribution in [3.05, 3.63) is 70.2 Å². The summed E-state index contributed by atoms with van der Waals surface area (Å²) in [5, 5.41) is 19.2. The van der Waals surface area contributed by atoms with E-state index in [1.807, 2.05) is 6.07 Å². The van der Waals surface area contributed by atoms with Crippen molar-refractivity contribution in [2.45, 2.75) is 26.0 Å². The minimum absolute atomic E-state index is 0.0914. The fourth-order valence-electron chi connectivity index (χ4n) is 4.15. The van der Waals surface area contributed by atoms with Crippen LogP contribution < -0.4 is 25.4 Å². The van der Waals surface area contributed by atoms with Crippen molar-refractivity contribution in [2.75, 3.05) is 37.4 Å². The van der Waals surface area contributed by atoms with E-state index in [0.717, 1.165) is 31.0 Å². The lowest BCUT2D eigenvalue weighted by atomic mass is 10.1. The number of halogens is 3. The number of carbonyl (C=O) groups is 2. The predicted molar refractivity (Wildman–Crippen MR) is 158 cm³/mol. The number of hydrogen-bond acceptors (Lipinski definition) is 9. The molecule has 1 saturated heterocycles. The fourth-order valence-corrected chi connectivity index (χ4v) is 4.83. The van der Waals surface area contributed by atoms with Crippen LogP contribution in [-0.2, 0) is 9.59 Å². The molecule has 5 N–H and O–H groups in total. The van der Waals surface area contributed by atoms with Gasteiger partial charge in [-0.25, -0.2) is 23.9 Å². The number of carboxylic acid groups (broad SMARTS) is 2. The molecule has 1 aromatic carbocycles. The Morgan fingerprint density at radius 1 is 1.17 bits per heavy atom. The Kier molecular flexibility index (Phi) is 11.3. The highest BCUT2D eigenvalue weighted by Crippen LogP contribution is 2.39. The zero-order valence-electron chi connectivity index (χ0n) is 23.0. The predicted octanol–water partition coefficient (Wildman–Crippen LogP) is 4.83. The van der Waals surface area contributed by atoms with Gasteiger partial charge in [-0.2, -0.15) is 0 Å². The van der Waals surface area contributed by atoms with Gasteiger partial charge in [-0.3, -0.25) is 0 Å². The van der Waals surface area contributed by atoms with Crippen LogP contribution in [0.2, 0.25) is 10.0 Å². The standard InChI is InChI=1S/C24H26Cl2FN5O2.C4H4O4/c1-13-10-29-6-7-32(13)21-9-19(33-3)16(12-30-21)15-8-20(24(28)31-11-15)34-14(2)22-17(25)4-5-18(27)23(22)26;5-3(6)1-2-4(7)8/h4-5,8-9,11-14,29H,6-7,10H2,1-3H3,(H2,28,31);1-2H,(H,5,6)(H,7,8)/b;2-1-/t13-,14+;/m0./s1. The number of ether oxygens (including phenoxy) is 2. The van der Waals surface area contributed by atoms with Crippen LogP contribution in [0.4, 0.5) is 16.0 Å². The quantitative estimate of drug-likeness (QED) is 0.201. The summed E-state index contributed by atoms with van der Waals surface area (Å²) < 4.78 is 25.7. The third-order valence-corrected chi connectivity index (χ3v) is 6.93. The van der Waals surface area contributed by atoms with Crippen LogP contribution in [0.3, 0.4) is 0 Å². The molecule has 0 spiro atoms. The van der Waals surface area contributed by atoms with E-state index in [1.165, 1.54) is 12.1 Å². The second kappa shape index (κ2) is 14.7. The van der Waals surface area contributed by atoms with Crippen molar-refractivity contribution in [3.63, 3.8) is 0 Å². The van der Waals surface area contributed by atoms with Crippen LogP contribution >= 0.6 is 23.2 Å². The molecule has 14 heteroatoms. The number of anilines is 2. The summed E-state index contributed by atoms with van der Waals surface area (Å²) in [6.45, 7) is 6.52. The van der Waals surface area contributed by atoms with Gasteiger partial charge in [0.2, 0.25) is 0 Å². The van der Waals surface area contributed by atoms with Crippen LogP contribution in [-0.4, -0.2) is 64.9 Å². The lowest BCUT2D eigenvalue weighted by Gasteiger charge is -2.35. The number of hydrogen-bond donors (Lipinski definition) is 4. The number of carboxylic acids is 2. The van der Waals surface area contributed by atoms with Crippen LogP contribution in [0.25, 0.3) is 11.1 Å². The van der Waals surface area contributed by atoms with Crippen molar-refractivity contribution in [1.29, 1.82) is 0 Å². The van der Waals surface area contributed by atoms with Crippen LogP contribution in [0.15, 0.2) is 48.8 Å². The number of nitrogen functional groups attached to an aromatic ring is 1. The van der Waals surface area contributed by atoms with Gasteiger partial charge in [0.15, 0.2) is 11.6 Å². The molecule has 3 heterocycles. The van der Waals surface area contributed by atoms with Gasteiger partial charge in [0.05, 0.1) is 12.1 Å². The average Bonchev–Trinajstić information content (AvgIpc) is 2.95. The van der Waals surface area contributed by atoms with Gasteiger partial charge in [-0.05, 0) is 32.0 Å². The molecule has 2 aromatic heterocycles. The maximum atomic E-state index is 14.0. The molecule has 4 rings (SSSR count). The van der Waals surface area contributed by atoms with E-state index in [4.69, 9.17) is 48.6 Å². The lowest BCUT2D eigenvalue weighted by Crippen LogP contribution is -2.50. The first-order valence-electron chi connectivity index (χ1n) is 12.6. The van der Waals surface area contributed by atoms with Crippen LogP contribution in [0.1, 0.15) is 25.5 Å². The normalized spacial score (nSPS) is 15.5. The Morgan fingerprint density at radius 3 is 2.48 bits per heavy atom. The molecule has 1 fully saturated rings. The number of rotatable bonds is 8. The number of nitrogens with two attached hydrogens (primary N) is 1. The first-order chi connectivity index (χ1) is 19.9. The van der Waals surface area contributed by atoms with Gasteiger partial charge >= 0.3 is 11.9 Å². The van der Waals surface area contributed by atoms with E-state index < -0.39 is 23.9 Å². The fraction of sp³-hybridized carbons (Fsp3) is 0.286. The zero-order chi connectivity index (χ0) is 31.0. The summed E-state index contributed by atoms with van der Waals surface area (Å²) in [5.41, 5.74) is 7.85. The summed E-state index contributed by atoms with van der Waals surface area (Å²) in [4.78, 5) is 30.3. The van der Waals surface area contributed by atoms with Crippen molar-refractivity contribution in [3.8, 4) is 22.6 Å². The van der Waals surface area contributed by atoms with E-state index in [1.54, 1.807) is 32.5 Å². The SMILES string of the molecule is COc1cc(N2CCNC[C@@H]2C)ncc1-c1cnc(N)c(O[C@H](C)c2c(Cl)ccc(F)c2Cl)c1.O=C(O)/C=C\C(=O)O. The van der Waals surface area contributed by atoms with Gasteiger partial charge in [0.25, 0.3) is 0 Å². The smallest absolute Gasteiger partial charge is 0.328 e. The van der Waals surface area contributed by atoms with Gasteiger partial charge < -0.3 is 35.6 Å². The maximum absolute atomic E-state index is 14.0. The van der Waals surface area contributed by atoms with E-state index in [2.05, 4.69) is 27.1 Å². The number of pyridine rings is 2. The molecule has 0 bridgehead atoms. The summed E-state index contributed by atoms with van der Waals surface area (Å²) in [5.74, 6) is -1.11. The molecule has 0 radical (unpaired) electrons. The third kappa shape index (κ3) is 8.21. The first kappa shape index (κ1) is 32.4. The Morgan fingerprint density at radius 2 is 1.86 bits per heavy atom. The number of nitrogens with zero attached hydrogens (tertiary/aromatic N) is 3. The second-order valence-corrected chi connectivity index (χ2v) is 9.91. The summed E-state index contributed by atoms with van der Waals surface area (Å²) in [6.07, 6.45) is 3.82. The average molecular weight is 622 g/mol. The van der Waals surface area contributed by atoms with Crippen molar-refractivity contribution in [1.82, 2.24) is 15.3 Å².